The van der Waals surface area contributed by atoms with Crippen molar-refractivity contribution in [2.24, 2.45) is 5.92 Å². The van der Waals surface area contributed by atoms with Crippen LogP contribution in [0.3, 0.4) is 0 Å². The van der Waals surface area contributed by atoms with Crippen LogP contribution < -0.4 is 15.4 Å². The van der Waals surface area contributed by atoms with Crippen LogP contribution in [0, 0.1) is 12.8 Å². The van der Waals surface area contributed by atoms with Crippen LogP contribution in [-0.4, -0.2) is 47.2 Å². The number of hydrogen-bond donors (Lipinski definition) is 3. The number of nitrogens with zero attached hydrogens (tertiary/aromatic N) is 2. The van der Waals surface area contributed by atoms with Crippen LogP contribution >= 0.6 is 0 Å². The summed E-state index contributed by atoms with van der Waals surface area (Å²) in [6, 6.07) is 11.6. The second-order valence-electron chi connectivity index (χ2n) is 6.04. The Bertz CT molecular complexity index is 614. The van der Waals surface area contributed by atoms with Gasteiger partial charge in [0.1, 0.15) is 24.3 Å². The lowest BCUT2D eigenvalue weighted by Gasteiger charge is -2.25. The lowest BCUT2D eigenvalue weighted by atomic mass is 10.1. The van der Waals surface area contributed by atoms with Crippen molar-refractivity contribution in [3.05, 3.63) is 42.1 Å². The van der Waals surface area contributed by atoms with Crippen molar-refractivity contribution in [2.75, 3.05) is 31.6 Å². The van der Waals surface area contributed by atoms with Gasteiger partial charge in [-0.2, -0.15) is 5.10 Å². The van der Waals surface area contributed by atoms with E-state index in [1.807, 2.05) is 41.9 Å². The zero-order chi connectivity index (χ0) is 16.1. The lowest BCUT2D eigenvalue weighted by molar-refractivity contribution is 0.105. The van der Waals surface area contributed by atoms with Gasteiger partial charge in [0.25, 0.3) is 0 Å². The molecule has 1 aliphatic heterocycles. The number of ether oxygens (including phenoxy) is 1. The average Bonchev–Trinajstić information content (AvgIpc) is 2.93. The Kier molecular flexibility index (Phi) is 5.15. The first-order valence-electron chi connectivity index (χ1n) is 8.05. The molecule has 0 amide bonds. The molecule has 0 aliphatic carbocycles. The number of benzene rings is 1. The summed E-state index contributed by atoms with van der Waals surface area (Å²) >= 11 is 0. The van der Waals surface area contributed by atoms with Gasteiger partial charge in [0.2, 0.25) is 0 Å². The van der Waals surface area contributed by atoms with Crippen molar-refractivity contribution in [1.82, 2.24) is 15.1 Å². The molecule has 6 heteroatoms. The first-order valence-corrected chi connectivity index (χ1v) is 8.05. The number of aliphatic hydroxyl groups is 1. The van der Waals surface area contributed by atoms with Crippen molar-refractivity contribution < 1.29 is 9.84 Å². The monoisotopic (exact) mass is 316 g/mol. The van der Waals surface area contributed by atoms with Gasteiger partial charge in [0.05, 0.1) is 5.69 Å². The Morgan fingerprint density at radius 1 is 1.43 bits per heavy atom. The molecule has 3 N–H and O–H groups in total. The minimum atomic E-state index is -0.519. The third-order valence-corrected chi connectivity index (χ3v) is 3.90. The lowest BCUT2D eigenvalue weighted by Crippen LogP contribution is -2.39. The third-order valence-electron chi connectivity index (χ3n) is 3.90. The van der Waals surface area contributed by atoms with Gasteiger partial charge in [0, 0.05) is 38.2 Å². The van der Waals surface area contributed by atoms with E-state index in [0.29, 0.717) is 19.1 Å². The minimum absolute atomic E-state index is 0.294. The number of para-hydroxylation sites is 1. The Hall–Kier alpha value is -2.05. The summed E-state index contributed by atoms with van der Waals surface area (Å²) < 4.78 is 7.56. The number of aliphatic hydroxyl groups excluding tert-OH is 1. The fourth-order valence-corrected chi connectivity index (χ4v) is 2.74. The molecular weight excluding hydrogens is 292 g/mol. The molecule has 0 saturated carbocycles. The Balaban J connectivity index is 1.35. The summed E-state index contributed by atoms with van der Waals surface area (Å²) in [4.78, 5) is 0. The average molecular weight is 316 g/mol. The highest BCUT2D eigenvalue weighted by atomic mass is 16.5. The molecule has 2 heterocycles. The van der Waals surface area contributed by atoms with E-state index in [-0.39, 0.29) is 0 Å². The Morgan fingerprint density at radius 2 is 2.26 bits per heavy atom. The number of hydrogen-bond acceptors (Lipinski definition) is 5. The molecule has 0 fully saturated rings. The van der Waals surface area contributed by atoms with Crippen LogP contribution in [0.4, 0.5) is 5.82 Å². The van der Waals surface area contributed by atoms with Crippen molar-refractivity contribution in [3.63, 3.8) is 0 Å². The Labute approximate surface area is 136 Å². The predicted molar refractivity (Wildman–Crippen MR) is 89.8 cm³/mol. The number of fused-ring (bicyclic) bond motifs is 1. The van der Waals surface area contributed by atoms with Gasteiger partial charge in [-0.25, -0.2) is 4.68 Å². The van der Waals surface area contributed by atoms with Gasteiger partial charge < -0.3 is 20.5 Å². The van der Waals surface area contributed by atoms with Crippen LogP contribution in [0.15, 0.2) is 36.4 Å². The minimum Gasteiger partial charge on any atom is -0.491 e. The molecule has 1 aromatic carbocycles. The van der Waals surface area contributed by atoms with Gasteiger partial charge >= 0.3 is 0 Å². The smallest absolute Gasteiger partial charge is 0.124 e. The molecule has 6 nitrogen and oxygen atoms in total. The third kappa shape index (κ3) is 4.46. The van der Waals surface area contributed by atoms with Gasteiger partial charge in [-0.1, -0.05) is 18.2 Å². The number of rotatable bonds is 7. The first-order chi connectivity index (χ1) is 11.2. The fourth-order valence-electron chi connectivity index (χ4n) is 2.74. The molecule has 124 valence electrons. The highest BCUT2D eigenvalue weighted by Crippen LogP contribution is 2.17. The molecule has 0 saturated heterocycles. The second-order valence-corrected chi connectivity index (χ2v) is 6.04. The van der Waals surface area contributed by atoms with E-state index in [2.05, 4.69) is 21.8 Å². The summed E-state index contributed by atoms with van der Waals surface area (Å²) in [5.74, 6) is 2.34. The molecule has 1 aliphatic rings. The zero-order valence-corrected chi connectivity index (χ0v) is 13.4. The van der Waals surface area contributed by atoms with E-state index >= 15 is 0 Å². The van der Waals surface area contributed by atoms with E-state index in [1.165, 1.54) is 0 Å². The molecule has 0 radical (unpaired) electrons. The van der Waals surface area contributed by atoms with Crippen LogP contribution in [-0.2, 0) is 6.54 Å². The van der Waals surface area contributed by atoms with Crippen molar-refractivity contribution in [2.45, 2.75) is 19.6 Å². The number of anilines is 1. The van der Waals surface area contributed by atoms with Crippen LogP contribution in [0.2, 0.25) is 0 Å². The molecular formula is C17H24N4O2. The number of nitrogens with one attached hydrogen (secondary N) is 2. The van der Waals surface area contributed by atoms with Gasteiger partial charge in [-0.3, -0.25) is 0 Å². The van der Waals surface area contributed by atoms with Gasteiger partial charge in [0.15, 0.2) is 0 Å². The zero-order valence-electron chi connectivity index (χ0n) is 13.4. The summed E-state index contributed by atoms with van der Waals surface area (Å²) in [6.07, 6.45) is -0.519. The Morgan fingerprint density at radius 3 is 3.09 bits per heavy atom. The summed E-state index contributed by atoms with van der Waals surface area (Å²) in [5.41, 5.74) is 1.04. The normalized spacial score (nSPS) is 18.1. The predicted octanol–water partition coefficient (Wildman–Crippen LogP) is 1.26. The standard InChI is InChI=1S/C17H24N4O2/c1-13-7-17-19-9-14(11-21(17)20-13)8-18-10-15(22)12-23-16-5-3-2-4-6-16/h2-7,14-15,18-19,22H,8-12H2,1H3/t14-,15-/m1/s1. The maximum Gasteiger partial charge on any atom is 0.124 e. The van der Waals surface area contributed by atoms with Gasteiger partial charge in [-0.15, -0.1) is 0 Å². The molecule has 2 atom stereocenters. The molecule has 2 aromatic rings. The van der Waals surface area contributed by atoms with Crippen LogP contribution in [0.5, 0.6) is 5.75 Å². The molecule has 0 unspecified atom stereocenters. The molecule has 0 bridgehead atoms. The summed E-state index contributed by atoms with van der Waals surface area (Å²) in [6.45, 7) is 5.49. The highest BCUT2D eigenvalue weighted by Gasteiger charge is 2.19. The van der Waals surface area contributed by atoms with E-state index in [9.17, 15) is 5.11 Å². The van der Waals surface area contributed by atoms with Crippen LogP contribution in [0.25, 0.3) is 0 Å². The fraction of sp³-hybridized carbons (Fsp3) is 0.471. The number of aromatic nitrogens is 2. The van der Waals surface area contributed by atoms with Crippen LogP contribution in [0.1, 0.15) is 5.69 Å². The van der Waals surface area contributed by atoms with E-state index < -0.39 is 6.10 Å². The maximum atomic E-state index is 9.98. The van der Waals surface area contributed by atoms with Gasteiger partial charge in [-0.05, 0) is 19.1 Å². The second kappa shape index (κ2) is 7.48. The molecule has 1 aromatic heterocycles. The summed E-state index contributed by atoms with van der Waals surface area (Å²) in [5, 5.41) is 21.2. The topological polar surface area (TPSA) is 71.3 Å². The number of aryl methyl sites for hydroxylation is 1. The van der Waals surface area contributed by atoms with E-state index in [1.54, 1.807) is 0 Å². The van der Waals surface area contributed by atoms with Crippen molar-refractivity contribution >= 4 is 5.82 Å². The van der Waals surface area contributed by atoms with E-state index in [4.69, 9.17) is 4.74 Å². The summed E-state index contributed by atoms with van der Waals surface area (Å²) in [7, 11) is 0. The SMILES string of the molecule is Cc1cc2n(n1)C[C@H](CNC[C@@H](O)COc1ccccc1)CN2. The van der Waals surface area contributed by atoms with Crippen molar-refractivity contribution in [3.8, 4) is 5.75 Å². The largest absolute Gasteiger partial charge is 0.491 e. The van der Waals surface area contributed by atoms with E-state index in [0.717, 1.165) is 36.9 Å². The quantitative estimate of drug-likeness (QED) is 0.717. The molecule has 0 spiro atoms. The molecule has 3 rings (SSSR count). The first kappa shape index (κ1) is 15.8. The van der Waals surface area contributed by atoms with Crippen molar-refractivity contribution in [1.29, 1.82) is 0 Å². The highest BCUT2D eigenvalue weighted by molar-refractivity contribution is 5.38. The maximum absolute atomic E-state index is 9.98. The molecule has 23 heavy (non-hydrogen) atoms.